The molecule has 0 spiro atoms. The van der Waals surface area contributed by atoms with Crippen molar-refractivity contribution in [3.8, 4) is 40.1 Å². The summed E-state index contributed by atoms with van der Waals surface area (Å²) in [5, 5.41) is 23.9. The molecule has 0 bridgehead atoms. The van der Waals surface area contributed by atoms with E-state index in [1.165, 1.54) is 23.3 Å². The lowest BCUT2D eigenvalue weighted by Gasteiger charge is -2.16. The molecule has 2 aromatic heterocycles. The number of halogens is 1. The van der Waals surface area contributed by atoms with Crippen molar-refractivity contribution in [2.24, 2.45) is 0 Å². The number of phosphoric acid groups is 1. The zero-order valence-electron chi connectivity index (χ0n) is 38.0. The maximum atomic E-state index is 14.1. The Hall–Kier alpha value is -5.52. The number of hydrogen-bond donors (Lipinski definition) is 5. The van der Waals surface area contributed by atoms with E-state index in [-0.39, 0.29) is 12.4 Å². The van der Waals surface area contributed by atoms with Crippen LogP contribution in [0.2, 0.25) is 0 Å². The molecule has 0 saturated heterocycles. The van der Waals surface area contributed by atoms with Gasteiger partial charge in [-0.15, -0.1) is 0 Å². The summed E-state index contributed by atoms with van der Waals surface area (Å²) in [7, 11) is -4.80. The number of ether oxygens (including phenoxy) is 2. The summed E-state index contributed by atoms with van der Waals surface area (Å²) < 4.78 is 45.8. The van der Waals surface area contributed by atoms with Crippen LogP contribution in [0.15, 0.2) is 128 Å². The van der Waals surface area contributed by atoms with E-state index in [4.69, 9.17) is 14.5 Å². The highest BCUT2D eigenvalue weighted by Gasteiger charge is 2.22. The lowest BCUT2D eigenvalue weighted by atomic mass is 10.0. The summed E-state index contributed by atoms with van der Waals surface area (Å²) in [5.41, 5.74) is 6.90. The van der Waals surface area contributed by atoms with Gasteiger partial charge in [0.2, 0.25) is 0 Å². The van der Waals surface area contributed by atoms with Crippen LogP contribution < -0.4 is 14.6 Å². The summed E-state index contributed by atoms with van der Waals surface area (Å²) >= 11 is 0. The van der Waals surface area contributed by atoms with Crippen molar-refractivity contribution in [1.82, 2.24) is 14.9 Å². The Morgan fingerprint density at radius 1 is 0.791 bits per heavy atom. The van der Waals surface area contributed by atoms with E-state index >= 15 is 0 Å². The van der Waals surface area contributed by atoms with E-state index in [0.717, 1.165) is 94.4 Å². The highest BCUT2D eigenvalue weighted by molar-refractivity contribution is 7.46. The van der Waals surface area contributed by atoms with E-state index < -0.39 is 20.7 Å². The van der Waals surface area contributed by atoms with Gasteiger partial charge in [-0.05, 0) is 110 Å². The lowest BCUT2D eigenvalue weighted by molar-refractivity contribution is -0.688. The number of nitrogens with zero attached hydrogens (tertiary/aromatic N) is 3. The smallest absolute Gasteiger partial charge is 0.466 e. The Bertz CT molecular complexity index is 2490. The number of aliphatic hydroxyl groups excluding tert-OH is 2. The van der Waals surface area contributed by atoms with Crippen molar-refractivity contribution in [3.63, 3.8) is 0 Å². The van der Waals surface area contributed by atoms with Gasteiger partial charge in [0.05, 0.1) is 29.7 Å². The van der Waals surface area contributed by atoms with Gasteiger partial charge in [-0.1, -0.05) is 85.5 Å². The number of imidazole rings is 1. The van der Waals surface area contributed by atoms with Gasteiger partial charge in [0.25, 0.3) is 0 Å². The van der Waals surface area contributed by atoms with Gasteiger partial charge in [0, 0.05) is 56.0 Å². The topological polar surface area (TPSA) is 159 Å². The fourth-order valence-electron chi connectivity index (χ4n) is 7.71. The molecule has 0 amide bonds. The molecule has 0 aliphatic carbocycles. The number of rotatable bonds is 28. The normalized spacial score (nSPS) is 11.9. The van der Waals surface area contributed by atoms with Crippen molar-refractivity contribution in [1.29, 1.82) is 0 Å². The SMILES string of the molecule is O=P(O)(O)OCOc1cc(C(O)CNCCCCCCOCCCCc2ccccc2)ccc1C[n+]1ccc(-c2c(-c3ccc(F)cc3)nc(C#CCCO)n2CCCc2ccccc2)cc1. The molecule has 354 valence electrons. The summed E-state index contributed by atoms with van der Waals surface area (Å²) in [4.78, 5) is 23.6. The first-order chi connectivity index (χ1) is 32.7. The summed E-state index contributed by atoms with van der Waals surface area (Å²) in [5.74, 6) is 6.68. The molecule has 0 aliphatic rings. The highest BCUT2D eigenvalue weighted by atomic mass is 31.2. The molecule has 4 aromatic carbocycles. The van der Waals surface area contributed by atoms with Gasteiger partial charge in [-0.3, -0.25) is 0 Å². The van der Waals surface area contributed by atoms with Gasteiger partial charge < -0.3 is 39.4 Å². The Labute approximate surface area is 393 Å². The van der Waals surface area contributed by atoms with Gasteiger partial charge in [0.15, 0.2) is 31.6 Å². The average Bonchev–Trinajstić information content (AvgIpc) is 3.69. The summed E-state index contributed by atoms with van der Waals surface area (Å²) in [6.07, 6.45) is 12.3. The molecule has 1 atom stereocenters. The molecule has 5 N–H and O–H groups in total. The van der Waals surface area contributed by atoms with Crippen LogP contribution >= 0.6 is 7.82 Å². The summed E-state index contributed by atoms with van der Waals surface area (Å²) in [6.45, 7) is 2.79. The minimum Gasteiger partial charge on any atom is -0.466 e. The molecule has 0 fully saturated rings. The lowest BCUT2D eigenvalue weighted by Crippen LogP contribution is -2.33. The number of nitrogens with one attached hydrogen (secondary N) is 1. The second-order valence-corrected chi connectivity index (χ2v) is 17.6. The molecule has 2 heterocycles. The van der Waals surface area contributed by atoms with Crippen LogP contribution in [0.1, 0.15) is 85.5 Å². The molecule has 1 unspecified atom stereocenters. The number of phosphoric ester groups is 1. The molecule has 67 heavy (non-hydrogen) atoms. The van der Waals surface area contributed by atoms with E-state index in [9.17, 15) is 29.0 Å². The molecule has 14 heteroatoms. The molecule has 12 nitrogen and oxygen atoms in total. The number of aromatic nitrogens is 3. The van der Waals surface area contributed by atoms with Crippen molar-refractivity contribution < 1.29 is 47.5 Å². The van der Waals surface area contributed by atoms with Gasteiger partial charge >= 0.3 is 7.82 Å². The molecular formula is C53H63FN4O8P+. The molecule has 0 radical (unpaired) electrons. The molecule has 6 aromatic rings. The van der Waals surface area contributed by atoms with Crippen LogP contribution in [0.4, 0.5) is 4.39 Å². The maximum Gasteiger partial charge on any atom is 0.472 e. The van der Waals surface area contributed by atoms with E-state index in [1.54, 1.807) is 18.2 Å². The highest BCUT2D eigenvalue weighted by Crippen LogP contribution is 2.36. The zero-order chi connectivity index (χ0) is 47.1. The van der Waals surface area contributed by atoms with Crippen molar-refractivity contribution in [3.05, 3.63) is 162 Å². The second-order valence-electron chi connectivity index (χ2n) is 16.4. The largest absolute Gasteiger partial charge is 0.472 e. The number of unbranched alkanes of at least 4 members (excludes halogenated alkanes) is 4. The Balaban J connectivity index is 1.08. The van der Waals surface area contributed by atoms with Gasteiger partial charge in [0.1, 0.15) is 11.6 Å². The maximum absolute atomic E-state index is 14.1. The average molecular weight is 934 g/mol. The van der Waals surface area contributed by atoms with Crippen molar-refractivity contribution in [2.45, 2.75) is 83.4 Å². The van der Waals surface area contributed by atoms with Crippen molar-refractivity contribution >= 4 is 7.82 Å². The third-order valence-electron chi connectivity index (χ3n) is 11.2. The van der Waals surface area contributed by atoms with Crippen LogP contribution in [0.3, 0.4) is 0 Å². The first-order valence-electron chi connectivity index (χ1n) is 23.1. The number of pyridine rings is 1. The van der Waals surface area contributed by atoms with Gasteiger partial charge in [-0.25, -0.2) is 23.0 Å². The van der Waals surface area contributed by atoms with E-state index in [1.807, 2.05) is 65.5 Å². The third-order valence-corrected chi connectivity index (χ3v) is 11.7. The zero-order valence-corrected chi connectivity index (χ0v) is 38.9. The third kappa shape index (κ3) is 17.3. The Morgan fingerprint density at radius 2 is 1.46 bits per heavy atom. The number of aliphatic hydroxyl groups is 2. The van der Waals surface area contributed by atoms with Crippen LogP contribution in [-0.2, 0) is 39.8 Å². The first kappa shape index (κ1) is 50.9. The monoisotopic (exact) mass is 933 g/mol. The molecular weight excluding hydrogens is 871 g/mol. The summed E-state index contributed by atoms with van der Waals surface area (Å²) in [6, 6.07) is 36.2. The standard InChI is InChI=1S/C53H62FN4O8P/c54-48-27-25-44(26-28-48)52-53(58(51(56-52)22-9-12-35-59)32-15-21-43-18-7-4-8-19-43)45-29-33-57(34-30-45)40-47-24-23-46(38-50(47)65-41-66-67(61,62)63)49(60)39-55-31-11-1-2-13-36-64-37-14-10-20-42-16-5-3-6-17-42/h3-8,16-19,23-30,33-34,38,49,55,59-60H,1-2,10-15,20-21,31-32,35-37,39-41H2,(H-,61,62,63)/p+1. The number of benzene rings is 4. The number of aryl methyl sites for hydroxylation is 2. The Morgan fingerprint density at radius 3 is 2.15 bits per heavy atom. The quantitative estimate of drug-likeness (QED) is 0.0106. The molecule has 0 saturated carbocycles. The van der Waals surface area contributed by atoms with Crippen LogP contribution in [0.25, 0.3) is 22.5 Å². The predicted molar refractivity (Wildman–Crippen MR) is 257 cm³/mol. The predicted octanol–water partition coefficient (Wildman–Crippen LogP) is 8.73. The van der Waals surface area contributed by atoms with Crippen LogP contribution in [-0.4, -0.2) is 69.3 Å². The number of hydrogen-bond acceptors (Lipinski definition) is 8. The van der Waals surface area contributed by atoms with Crippen LogP contribution in [0, 0.1) is 17.7 Å². The minimum absolute atomic E-state index is 0.0729. The van der Waals surface area contributed by atoms with E-state index in [0.29, 0.717) is 54.4 Å². The van der Waals surface area contributed by atoms with Crippen molar-refractivity contribution in [2.75, 3.05) is 39.7 Å². The molecule has 0 aliphatic heterocycles. The first-order valence-corrected chi connectivity index (χ1v) is 24.7. The Kier molecular flexibility index (Phi) is 20.8. The van der Waals surface area contributed by atoms with Gasteiger partial charge in [-0.2, -0.15) is 0 Å². The molecule has 6 rings (SSSR count). The second kappa shape index (κ2) is 27.3. The van der Waals surface area contributed by atoms with E-state index in [2.05, 4.69) is 62.6 Å². The fraction of sp³-hybridized carbons (Fsp3) is 0.358. The minimum atomic E-state index is -4.80. The fourth-order valence-corrected chi connectivity index (χ4v) is 7.90. The van der Waals surface area contributed by atoms with Crippen LogP contribution in [0.5, 0.6) is 5.75 Å².